The van der Waals surface area contributed by atoms with Gasteiger partial charge in [0.1, 0.15) is 0 Å². The van der Waals surface area contributed by atoms with Crippen LogP contribution in [0.4, 0.5) is 0 Å². The molecule has 0 bridgehead atoms. The van der Waals surface area contributed by atoms with Crippen LogP contribution in [0.2, 0.25) is 5.02 Å². The molecule has 0 spiro atoms. The van der Waals surface area contributed by atoms with Crippen molar-refractivity contribution in [1.82, 2.24) is 4.72 Å². The molecule has 26 heavy (non-hydrogen) atoms. The van der Waals surface area contributed by atoms with Gasteiger partial charge >= 0.3 is 0 Å². The third-order valence-corrected chi connectivity index (χ3v) is 8.45. The smallest absolute Gasteiger partial charge is 0.224 e. The van der Waals surface area contributed by atoms with Gasteiger partial charge in [-0.15, -0.1) is 0 Å². The van der Waals surface area contributed by atoms with Crippen molar-refractivity contribution in [1.29, 1.82) is 0 Å². The molecule has 1 fully saturated rings. The van der Waals surface area contributed by atoms with Gasteiger partial charge in [0, 0.05) is 15.8 Å². The molecule has 1 N–H and O–H groups in total. The second-order valence-corrected chi connectivity index (χ2v) is 11.4. The van der Waals surface area contributed by atoms with Crippen LogP contribution in [0, 0.1) is 0 Å². The molecule has 140 valence electrons. The Kier molecular flexibility index (Phi) is 5.26. The van der Waals surface area contributed by atoms with Crippen LogP contribution in [0.5, 0.6) is 0 Å². The van der Waals surface area contributed by atoms with Gasteiger partial charge in [-0.1, -0.05) is 23.7 Å². The monoisotopic (exact) mass is 477 g/mol. The van der Waals surface area contributed by atoms with E-state index in [0.29, 0.717) is 22.3 Å². The zero-order valence-electron chi connectivity index (χ0n) is 13.9. The first kappa shape index (κ1) is 19.8. The highest BCUT2D eigenvalue weighted by Gasteiger charge is 2.42. The van der Waals surface area contributed by atoms with E-state index in [0.717, 1.165) is 18.2 Å². The van der Waals surface area contributed by atoms with Crippen LogP contribution in [0.3, 0.4) is 0 Å². The molecular weight excluding hydrogens is 462 g/mol. The molecule has 0 aromatic heterocycles. The Hall–Kier alpha value is -0.930. The van der Waals surface area contributed by atoms with E-state index in [4.69, 9.17) is 11.6 Å². The van der Waals surface area contributed by atoms with Gasteiger partial charge in [0.2, 0.25) is 10.0 Å². The summed E-state index contributed by atoms with van der Waals surface area (Å²) in [4.78, 5) is -0.143. The van der Waals surface area contributed by atoms with Crippen LogP contribution < -0.4 is 4.72 Å². The molecule has 0 amide bonds. The molecule has 0 unspecified atom stereocenters. The molecule has 0 heterocycles. The molecule has 1 aliphatic carbocycles. The summed E-state index contributed by atoms with van der Waals surface area (Å²) in [6.45, 7) is 0. The number of benzene rings is 2. The summed E-state index contributed by atoms with van der Waals surface area (Å²) >= 11 is 9.15. The topological polar surface area (TPSA) is 80.3 Å². The number of nitrogens with one attached hydrogen (secondary N) is 1. The molecule has 2 aromatic rings. The van der Waals surface area contributed by atoms with Crippen molar-refractivity contribution in [2.45, 2.75) is 34.6 Å². The first-order valence-electron chi connectivity index (χ1n) is 7.83. The third kappa shape index (κ3) is 3.84. The van der Waals surface area contributed by atoms with Crippen molar-refractivity contribution in [2.24, 2.45) is 0 Å². The second kappa shape index (κ2) is 6.91. The minimum Gasteiger partial charge on any atom is -0.224 e. The standard InChI is InChI=1S/C17H17BrClNO4S2/c1-25(21,22)14-7-8-15(18)16(11-14)26(23,24)20-17(9-2-10-17)12-3-5-13(19)6-4-12/h3-8,11,20H,2,9-10H2,1H3. The van der Waals surface area contributed by atoms with Crippen molar-refractivity contribution >= 4 is 47.4 Å². The number of sulfone groups is 1. The van der Waals surface area contributed by atoms with E-state index in [2.05, 4.69) is 20.7 Å². The lowest BCUT2D eigenvalue weighted by Gasteiger charge is -2.42. The largest absolute Gasteiger partial charge is 0.242 e. The third-order valence-electron chi connectivity index (χ3n) is 4.55. The fraction of sp³-hybridized carbons (Fsp3) is 0.294. The maximum atomic E-state index is 13.0. The number of halogens is 2. The summed E-state index contributed by atoms with van der Waals surface area (Å²) in [7, 11) is -7.47. The van der Waals surface area contributed by atoms with Gasteiger partial charge in [-0.05, 0) is 71.1 Å². The predicted octanol–water partition coefficient (Wildman–Crippen LogP) is 3.86. The normalized spacial score (nSPS) is 16.9. The average Bonchev–Trinajstić information content (AvgIpc) is 2.51. The van der Waals surface area contributed by atoms with E-state index in [1.807, 2.05) is 12.1 Å². The van der Waals surface area contributed by atoms with Crippen molar-refractivity contribution < 1.29 is 16.8 Å². The van der Waals surface area contributed by atoms with Gasteiger partial charge in [0.25, 0.3) is 0 Å². The second-order valence-electron chi connectivity index (χ2n) is 6.41. The molecular formula is C17H17BrClNO4S2. The van der Waals surface area contributed by atoms with Crippen molar-refractivity contribution in [3.8, 4) is 0 Å². The minimum absolute atomic E-state index is 0.0461. The van der Waals surface area contributed by atoms with Gasteiger partial charge < -0.3 is 0 Å². The summed E-state index contributed by atoms with van der Waals surface area (Å²) in [5.41, 5.74) is 0.136. The summed E-state index contributed by atoms with van der Waals surface area (Å²) in [5.74, 6) is 0. The molecule has 9 heteroatoms. The highest BCUT2D eigenvalue weighted by molar-refractivity contribution is 9.10. The van der Waals surface area contributed by atoms with Crippen LogP contribution in [0.25, 0.3) is 0 Å². The predicted molar refractivity (Wildman–Crippen MR) is 105 cm³/mol. The first-order chi connectivity index (χ1) is 12.0. The van der Waals surface area contributed by atoms with E-state index < -0.39 is 25.4 Å². The van der Waals surface area contributed by atoms with Crippen molar-refractivity contribution in [2.75, 3.05) is 6.26 Å². The molecule has 0 atom stereocenters. The van der Waals surface area contributed by atoms with E-state index in [1.165, 1.54) is 18.2 Å². The molecule has 5 nitrogen and oxygen atoms in total. The van der Waals surface area contributed by atoms with Gasteiger partial charge in [-0.25, -0.2) is 21.6 Å². The quantitative estimate of drug-likeness (QED) is 0.707. The van der Waals surface area contributed by atoms with E-state index in [1.54, 1.807) is 12.1 Å². The van der Waals surface area contributed by atoms with E-state index in [9.17, 15) is 16.8 Å². The zero-order valence-corrected chi connectivity index (χ0v) is 17.8. The van der Waals surface area contributed by atoms with Gasteiger partial charge in [-0.2, -0.15) is 0 Å². The van der Waals surface area contributed by atoms with Gasteiger partial charge in [0.05, 0.1) is 15.3 Å². The molecule has 1 aliphatic rings. The first-order valence-corrected chi connectivity index (χ1v) is 12.4. The lowest BCUT2D eigenvalue weighted by atomic mass is 9.73. The van der Waals surface area contributed by atoms with E-state index in [-0.39, 0.29) is 9.79 Å². The Morgan fingerprint density at radius 1 is 1.04 bits per heavy atom. The van der Waals surface area contributed by atoms with Crippen LogP contribution in [0.15, 0.2) is 56.7 Å². The zero-order chi connectivity index (χ0) is 19.2. The Morgan fingerprint density at radius 3 is 2.15 bits per heavy atom. The molecule has 0 aliphatic heterocycles. The lowest BCUT2D eigenvalue weighted by molar-refractivity contribution is 0.224. The van der Waals surface area contributed by atoms with Crippen LogP contribution in [-0.2, 0) is 25.4 Å². The Morgan fingerprint density at radius 2 is 1.65 bits per heavy atom. The van der Waals surface area contributed by atoms with Crippen LogP contribution in [0.1, 0.15) is 24.8 Å². The number of sulfonamides is 1. The molecule has 2 aromatic carbocycles. The van der Waals surface area contributed by atoms with Crippen molar-refractivity contribution in [3.05, 3.63) is 57.5 Å². The number of rotatable bonds is 5. The molecule has 1 saturated carbocycles. The number of hydrogen-bond acceptors (Lipinski definition) is 4. The maximum Gasteiger partial charge on any atom is 0.242 e. The fourth-order valence-corrected chi connectivity index (χ4v) is 6.27. The summed E-state index contributed by atoms with van der Waals surface area (Å²) in [6, 6.07) is 11.1. The summed E-state index contributed by atoms with van der Waals surface area (Å²) < 4.78 is 52.7. The summed E-state index contributed by atoms with van der Waals surface area (Å²) in [6.07, 6.45) is 3.27. The van der Waals surface area contributed by atoms with Crippen LogP contribution >= 0.6 is 27.5 Å². The highest BCUT2D eigenvalue weighted by atomic mass is 79.9. The van der Waals surface area contributed by atoms with Gasteiger partial charge in [-0.3, -0.25) is 0 Å². The Balaban J connectivity index is 2.02. The molecule has 3 rings (SSSR count). The van der Waals surface area contributed by atoms with E-state index >= 15 is 0 Å². The summed E-state index contributed by atoms with van der Waals surface area (Å²) in [5, 5.41) is 0.578. The Labute approximate surface area is 166 Å². The number of hydrogen-bond donors (Lipinski definition) is 1. The SMILES string of the molecule is CS(=O)(=O)c1ccc(Br)c(S(=O)(=O)NC2(c3ccc(Cl)cc3)CCC2)c1. The highest BCUT2D eigenvalue weighted by Crippen LogP contribution is 2.43. The fourth-order valence-electron chi connectivity index (χ4n) is 2.98. The minimum atomic E-state index is -3.94. The molecule has 0 saturated heterocycles. The van der Waals surface area contributed by atoms with Gasteiger partial charge in [0.15, 0.2) is 9.84 Å². The van der Waals surface area contributed by atoms with Crippen molar-refractivity contribution in [3.63, 3.8) is 0 Å². The maximum absolute atomic E-state index is 13.0. The average molecular weight is 479 g/mol. The molecule has 0 radical (unpaired) electrons. The van der Waals surface area contributed by atoms with Crippen LogP contribution in [-0.4, -0.2) is 23.1 Å². The lowest BCUT2D eigenvalue weighted by Crippen LogP contribution is -2.50. The Bertz CT molecular complexity index is 1050.